The van der Waals surface area contributed by atoms with Crippen LogP contribution in [0.2, 0.25) is 0 Å². The number of hydrogen-bond donors (Lipinski definition) is 1. The van der Waals surface area contributed by atoms with Gasteiger partial charge >= 0.3 is 0 Å². The first-order valence-corrected chi connectivity index (χ1v) is 7.16. The minimum atomic E-state index is -0.202. The van der Waals surface area contributed by atoms with E-state index in [1.807, 2.05) is 25.2 Å². The zero-order chi connectivity index (χ0) is 13.0. The average molecular weight is 326 g/mol. The van der Waals surface area contributed by atoms with Crippen LogP contribution in [0.5, 0.6) is 0 Å². The number of nitrogens with one attached hydrogen (secondary N) is 1. The molecule has 2 aromatic carbocycles. The molecule has 0 spiro atoms. The van der Waals surface area contributed by atoms with Gasteiger partial charge in [0.15, 0.2) is 0 Å². The molecule has 0 unspecified atom stereocenters. The molecule has 0 saturated heterocycles. The van der Waals surface area contributed by atoms with Crippen molar-refractivity contribution in [2.45, 2.75) is 16.3 Å². The van der Waals surface area contributed by atoms with Gasteiger partial charge in [-0.05, 0) is 49.0 Å². The van der Waals surface area contributed by atoms with Crippen molar-refractivity contribution in [3.8, 4) is 0 Å². The summed E-state index contributed by atoms with van der Waals surface area (Å²) in [7, 11) is 1.91. The molecule has 0 amide bonds. The fourth-order valence-electron chi connectivity index (χ4n) is 1.63. The molecular weight excluding hydrogens is 313 g/mol. The molecule has 0 aliphatic rings. The summed E-state index contributed by atoms with van der Waals surface area (Å²) in [4.78, 5) is 2.05. The summed E-state index contributed by atoms with van der Waals surface area (Å²) in [6.45, 7) is 0.789. The Morgan fingerprint density at radius 3 is 2.78 bits per heavy atom. The van der Waals surface area contributed by atoms with Crippen LogP contribution in [0, 0.1) is 5.82 Å². The van der Waals surface area contributed by atoms with Gasteiger partial charge in [-0.15, -0.1) is 0 Å². The van der Waals surface area contributed by atoms with Gasteiger partial charge in [0.05, 0.1) is 0 Å². The van der Waals surface area contributed by atoms with Crippen LogP contribution < -0.4 is 5.32 Å². The standard InChI is InChI=1S/C14H13BrFNS/c1-17-9-10-7-11(15)5-6-14(10)18-13-4-2-3-12(16)8-13/h2-8,17H,9H2,1H3. The Bertz CT molecular complexity index is 545. The first-order valence-electron chi connectivity index (χ1n) is 5.55. The van der Waals surface area contributed by atoms with Gasteiger partial charge in [-0.2, -0.15) is 0 Å². The van der Waals surface area contributed by atoms with Crippen molar-refractivity contribution < 1.29 is 4.39 Å². The maximum atomic E-state index is 13.1. The van der Waals surface area contributed by atoms with Crippen LogP contribution >= 0.6 is 27.7 Å². The summed E-state index contributed by atoms with van der Waals surface area (Å²) >= 11 is 5.04. The van der Waals surface area contributed by atoms with Gasteiger partial charge in [0.2, 0.25) is 0 Å². The molecule has 0 aromatic heterocycles. The minimum absolute atomic E-state index is 0.202. The maximum absolute atomic E-state index is 13.1. The fourth-order valence-corrected chi connectivity index (χ4v) is 3.01. The molecule has 0 saturated carbocycles. The van der Waals surface area contributed by atoms with Crippen LogP contribution in [-0.4, -0.2) is 7.05 Å². The highest BCUT2D eigenvalue weighted by atomic mass is 79.9. The molecular formula is C14H13BrFNS. The lowest BCUT2D eigenvalue weighted by Crippen LogP contribution is -2.06. The van der Waals surface area contributed by atoms with E-state index in [-0.39, 0.29) is 5.82 Å². The van der Waals surface area contributed by atoms with E-state index in [0.717, 1.165) is 20.8 Å². The predicted molar refractivity (Wildman–Crippen MR) is 77.4 cm³/mol. The molecule has 2 aromatic rings. The summed E-state index contributed by atoms with van der Waals surface area (Å²) in [5, 5.41) is 3.14. The van der Waals surface area contributed by atoms with Crippen molar-refractivity contribution in [2.24, 2.45) is 0 Å². The molecule has 0 fully saturated rings. The highest BCUT2D eigenvalue weighted by Crippen LogP contribution is 2.32. The first-order chi connectivity index (χ1) is 8.69. The lowest BCUT2D eigenvalue weighted by molar-refractivity contribution is 0.624. The molecule has 0 aliphatic carbocycles. The summed E-state index contributed by atoms with van der Waals surface area (Å²) in [5.74, 6) is -0.202. The molecule has 0 heterocycles. The van der Waals surface area contributed by atoms with E-state index in [4.69, 9.17) is 0 Å². The minimum Gasteiger partial charge on any atom is -0.316 e. The summed E-state index contributed by atoms with van der Waals surface area (Å²) in [5.41, 5.74) is 1.20. The third-order valence-corrected chi connectivity index (χ3v) is 4.01. The molecule has 0 atom stereocenters. The van der Waals surface area contributed by atoms with Gasteiger partial charge in [0.25, 0.3) is 0 Å². The summed E-state index contributed by atoms with van der Waals surface area (Å²) in [6, 6.07) is 12.8. The topological polar surface area (TPSA) is 12.0 Å². The lowest BCUT2D eigenvalue weighted by atomic mass is 10.2. The monoisotopic (exact) mass is 325 g/mol. The van der Waals surface area contributed by atoms with E-state index in [2.05, 4.69) is 27.3 Å². The Balaban J connectivity index is 2.28. The Labute approximate surface area is 119 Å². The van der Waals surface area contributed by atoms with Crippen LogP contribution in [0.3, 0.4) is 0 Å². The van der Waals surface area contributed by atoms with E-state index in [9.17, 15) is 4.39 Å². The molecule has 4 heteroatoms. The van der Waals surface area contributed by atoms with E-state index >= 15 is 0 Å². The summed E-state index contributed by atoms with van der Waals surface area (Å²) in [6.07, 6.45) is 0. The van der Waals surface area contributed by atoms with Crippen molar-refractivity contribution >= 4 is 27.7 Å². The maximum Gasteiger partial charge on any atom is 0.124 e. The largest absolute Gasteiger partial charge is 0.316 e. The molecule has 94 valence electrons. The average Bonchev–Trinajstić information content (AvgIpc) is 2.33. The smallest absolute Gasteiger partial charge is 0.124 e. The molecule has 0 radical (unpaired) electrons. The zero-order valence-corrected chi connectivity index (χ0v) is 12.3. The third-order valence-electron chi connectivity index (χ3n) is 2.41. The van der Waals surface area contributed by atoms with Crippen molar-refractivity contribution in [1.29, 1.82) is 0 Å². The molecule has 0 bridgehead atoms. The number of halogens is 2. The molecule has 18 heavy (non-hydrogen) atoms. The van der Waals surface area contributed by atoms with Crippen LogP contribution in [-0.2, 0) is 6.54 Å². The van der Waals surface area contributed by atoms with Gasteiger partial charge in [-0.1, -0.05) is 33.8 Å². The van der Waals surface area contributed by atoms with Crippen molar-refractivity contribution in [2.75, 3.05) is 7.05 Å². The number of hydrogen-bond acceptors (Lipinski definition) is 2. The Kier molecular flexibility index (Phi) is 4.80. The SMILES string of the molecule is CNCc1cc(Br)ccc1Sc1cccc(F)c1. The number of benzene rings is 2. The Morgan fingerprint density at radius 1 is 1.22 bits per heavy atom. The molecule has 1 N–H and O–H groups in total. The Morgan fingerprint density at radius 2 is 2.06 bits per heavy atom. The molecule has 2 rings (SSSR count). The van der Waals surface area contributed by atoms with Gasteiger partial charge in [0.1, 0.15) is 5.82 Å². The zero-order valence-electron chi connectivity index (χ0n) is 9.91. The van der Waals surface area contributed by atoms with Crippen LogP contribution in [0.15, 0.2) is 56.7 Å². The van der Waals surface area contributed by atoms with Gasteiger partial charge in [-0.3, -0.25) is 0 Å². The highest BCUT2D eigenvalue weighted by molar-refractivity contribution is 9.10. The second-order valence-corrected chi connectivity index (χ2v) is 5.87. The normalized spacial score (nSPS) is 10.6. The van der Waals surface area contributed by atoms with Gasteiger partial charge < -0.3 is 5.32 Å². The molecule has 1 nitrogen and oxygen atoms in total. The molecule has 0 aliphatic heterocycles. The van der Waals surface area contributed by atoms with E-state index in [1.165, 1.54) is 11.6 Å². The fraction of sp³-hybridized carbons (Fsp3) is 0.143. The second kappa shape index (κ2) is 6.36. The summed E-state index contributed by atoms with van der Waals surface area (Å²) < 4.78 is 14.2. The quantitative estimate of drug-likeness (QED) is 0.890. The lowest BCUT2D eigenvalue weighted by Gasteiger charge is -2.09. The van der Waals surface area contributed by atoms with Crippen molar-refractivity contribution in [1.82, 2.24) is 5.32 Å². The first kappa shape index (κ1) is 13.6. The third kappa shape index (κ3) is 3.57. The van der Waals surface area contributed by atoms with Crippen molar-refractivity contribution in [3.63, 3.8) is 0 Å². The van der Waals surface area contributed by atoms with Gasteiger partial charge in [-0.25, -0.2) is 4.39 Å². The number of rotatable bonds is 4. The van der Waals surface area contributed by atoms with E-state index < -0.39 is 0 Å². The predicted octanol–water partition coefficient (Wildman–Crippen LogP) is 4.46. The Hall–Kier alpha value is -0.840. The second-order valence-electron chi connectivity index (χ2n) is 3.84. The van der Waals surface area contributed by atoms with Crippen LogP contribution in [0.25, 0.3) is 0 Å². The van der Waals surface area contributed by atoms with Crippen molar-refractivity contribution in [3.05, 3.63) is 58.3 Å². The van der Waals surface area contributed by atoms with E-state index in [0.29, 0.717) is 0 Å². The highest BCUT2D eigenvalue weighted by Gasteiger charge is 2.05. The van der Waals surface area contributed by atoms with Crippen LogP contribution in [0.4, 0.5) is 4.39 Å². The van der Waals surface area contributed by atoms with Crippen LogP contribution in [0.1, 0.15) is 5.56 Å². The van der Waals surface area contributed by atoms with Gasteiger partial charge in [0, 0.05) is 20.8 Å². The van der Waals surface area contributed by atoms with E-state index in [1.54, 1.807) is 23.9 Å².